The van der Waals surface area contributed by atoms with Crippen LogP contribution in [-0.4, -0.2) is 30.3 Å². The Bertz CT molecular complexity index is 310. The largest absolute Gasteiger partial charge is 0.467 e. The van der Waals surface area contributed by atoms with Gasteiger partial charge in [0.1, 0.15) is 18.0 Å². The summed E-state index contributed by atoms with van der Waals surface area (Å²) in [6.07, 6.45) is 0.144. The summed E-state index contributed by atoms with van der Waals surface area (Å²) < 4.78 is 10.1. The first-order valence-corrected chi connectivity index (χ1v) is 5.26. The van der Waals surface area contributed by atoms with Crippen LogP contribution in [0, 0.1) is 0 Å². The van der Waals surface area contributed by atoms with E-state index in [9.17, 15) is 9.90 Å². The SMILES string of the molecule is CCOC(C)C(=O)NCC(O)c1ccco1. The van der Waals surface area contributed by atoms with Gasteiger partial charge >= 0.3 is 0 Å². The molecule has 1 aromatic heterocycles. The van der Waals surface area contributed by atoms with Gasteiger partial charge in [-0.1, -0.05) is 0 Å². The maximum atomic E-state index is 11.4. The number of ether oxygens (including phenoxy) is 1. The van der Waals surface area contributed by atoms with E-state index in [0.29, 0.717) is 12.4 Å². The van der Waals surface area contributed by atoms with Crippen LogP contribution in [0.25, 0.3) is 0 Å². The molecule has 5 nitrogen and oxygen atoms in total. The smallest absolute Gasteiger partial charge is 0.248 e. The number of furan rings is 1. The van der Waals surface area contributed by atoms with Crippen molar-refractivity contribution in [1.82, 2.24) is 5.32 Å². The van der Waals surface area contributed by atoms with Crippen LogP contribution in [0.1, 0.15) is 25.7 Å². The molecule has 0 aliphatic heterocycles. The zero-order chi connectivity index (χ0) is 12.0. The Morgan fingerprint density at radius 2 is 2.44 bits per heavy atom. The first-order valence-electron chi connectivity index (χ1n) is 5.26. The van der Waals surface area contributed by atoms with Gasteiger partial charge < -0.3 is 19.6 Å². The van der Waals surface area contributed by atoms with E-state index in [4.69, 9.17) is 9.15 Å². The predicted molar refractivity (Wildman–Crippen MR) is 57.8 cm³/mol. The Hall–Kier alpha value is -1.33. The third-order valence-electron chi connectivity index (χ3n) is 2.13. The summed E-state index contributed by atoms with van der Waals surface area (Å²) in [5.41, 5.74) is 0. The molecule has 2 N–H and O–H groups in total. The molecule has 1 heterocycles. The lowest BCUT2D eigenvalue weighted by molar-refractivity contribution is -0.131. The van der Waals surface area contributed by atoms with E-state index in [1.807, 2.05) is 6.92 Å². The lowest BCUT2D eigenvalue weighted by Gasteiger charge is -2.13. The molecule has 0 spiro atoms. The number of hydrogen-bond donors (Lipinski definition) is 2. The minimum Gasteiger partial charge on any atom is -0.467 e. The monoisotopic (exact) mass is 227 g/mol. The van der Waals surface area contributed by atoms with E-state index in [2.05, 4.69) is 5.32 Å². The first kappa shape index (κ1) is 12.7. The fraction of sp³-hybridized carbons (Fsp3) is 0.545. The molecule has 0 radical (unpaired) electrons. The minimum absolute atomic E-state index is 0.115. The molecule has 2 atom stereocenters. The van der Waals surface area contributed by atoms with Crippen molar-refractivity contribution < 1.29 is 19.1 Å². The number of aliphatic hydroxyl groups excluding tert-OH is 1. The molecule has 90 valence electrons. The molecule has 0 aliphatic carbocycles. The van der Waals surface area contributed by atoms with E-state index in [0.717, 1.165) is 0 Å². The highest BCUT2D eigenvalue weighted by atomic mass is 16.5. The van der Waals surface area contributed by atoms with Crippen LogP contribution in [-0.2, 0) is 9.53 Å². The van der Waals surface area contributed by atoms with Gasteiger partial charge in [-0.15, -0.1) is 0 Å². The van der Waals surface area contributed by atoms with Crippen molar-refractivity contribution in [2.75, 3.05) is 13.2 Å². The molecule has 16 heavy (non-hydrogen) atoms. The number of rotatable bonds is 6. The summed E-state index contributed by atoms with van der Waals surface area (Å²) in [6, 6.07) is 3.34. The Morgan fingerprint density at radius 1 is 1.69 bits per heavy atom. The predicted octanol–water partition coefficient (Wildman–Crippen LogP) is 0.854. The van der Waals surface area contributed by atoms with E-state index >= 15 is 0 Å². The van der Waals surface area contributed by atoms with Crippen molar-refractivity contribution in [3.63, 3.8) is 0 Å². The van der Waals surface area contributed by atoms with Gasteiger partial charge in [-0.05, 0) is 26.0 Å². The van der Waals surface area contributed by atoms with Crippen LogP contribution in [0.15, 0.2) is 22.8 Å². The van der Waals surface area contributed by atoms with E-state index in [1.165, 1.54) is 6.26 Å². The van der Waals surface area contributed by atoms with Crippen LogP contribution in [0.2, 0.25) is 0 Å². The van der Waals surface area contributed by atoms with Gasteiger partial charge in [0.05, 0.1) is 12.8 Å². The van der Waals surface area contributed by atoms with Gasteiger partial charge in [0.15, 0.2) is 0 Å². The van der Waals surface area contributed by atoms with Crippen molar-refractivity contribution in [3.05, 3.63) is 24.2 Å². The van der Waals surface area contributed by atoms with Crippen molar-refractivity contribution in [2.24, 2.45) is 0 Å². The van der Waals surface area contributed by atoms with Crippen LogP contribution >= 0.6 is 0 Å². The highest BCUT2D eigenvalue weighted by Crippen LogP contribution is 2.11. The molecule has 0 fully saturated rings. The fourth-order valence-corrected chi connectivity index (χ4v) is 1.25. The topological polar surface area (TPSA) is 71.7 Å². The third-order valence-corrected chi connectivity index (χ3v) is 2.13. The number of carbonyl (C=O) groups is 1. The number of amides is 1. The molecule has 5 heteroatoms. The Labute approximate surface area is 94.4 Å². The Kier molecular flexibility index (Phi) is 5.01. The second kappa shape index (κ2) is 6.30. The van der Waals surface area contributed by atoms with Gasteiger partial charge in [-0.2, -0.15) is 0 Å². The molecule has 0 saturated heterocycles. The van der Waals surface area contributed by atoms with Gasteiger partial charge in [0.25, 0.3) is 0 Å². The molecule has 0 aromatic carbocycles. The van der Waals surface area contributed by atoms with Crippen molar-refractivity contribution in [3.8, 4) is 0 Å². The molecule has 0 bridgehead atoms. The molecular weight excluding hydrogens is 210 g/mol. The van der Waals surface area contributed by atoms with Gasteiger partial charge in [0, 0.05) is 6.61 Å². The zero-order valence-corrected chi connectivity index (χ0v) is 9.47. The average molecular weight is 227 g/mol. The molecule has 1 amide bonds. The van der Waals surface area contributed by atoms with Crippen LogP contribution < -0.4 is 5.32 Å². The van der Waals surface area contributed by atoms with Crippen molar-refractivity contribution in [1.29, 1.82) is 0 Å². The quantitative estimate of drug-likeness (QED) is 0.756. The zero-order valence-electron chi connectivity index (χ0n) is 9.47. The van der Waals surface area contributed by atoms with Crippen molar-refractivity contribution >= 4 is 5.91 Å². The van der Waals surface area contributed by atoms with Crippen LogP contribution in [0.5, 0.6) is 0 Å². The summed E-state index contributed by atoms with van der Waals surface area (Å²) in [4.78, 5) is 11.4. The standard InChI is InChI=1S/C11H17NO4/c1-3-15-8(2)11(14)12-7-9(13)10-5-4-6-16-10/h4-6,8-9,13H,3,7H2,1-2H3,(H,12,14). The maximum Gasteiger partial charge on any atom is 0.248 e. The lowest BCUT2D eigenvalue weighted by atomic mass is 10.2. The number of carbonyl (C=O) groups excluding carboxylic acids is 1. The molecule has 2 unspecified atom stereocenters. The maximum absolute atomic E-state index is 11.4. The number of aliphatic hydroxyl groups is 1. The Balaban J connectivity index is 2.31. The lowest BCUT2D eigenvalue weighted by Crippen LogP contribution is -2.36. The summed E-state index contributed by atoms with van der Waals surface area (Å²) in [7, 11) is 0. The van der Waals surface area contributed by atoms with E-state index in [1.54, 1.807) is 19.1 Å². The fourth-order valence-electron chi connectivity index (χ4n) is 1.25. The van der Waals surface area contributed by atoms with E-state index < -0.39 is 12.2 Å². The highest BCUT2D eigenvalue weighted by Gasteiger charge is 2.15. The number of hydrogen-bond acceptors (Lipinski definition) is 4. The van der Waals surface area contributed by atoms with Gasteiger partial charge in [-0.3, -0.25) is 4.79 Å². The Morgan fingerprint density at radius 3 is 3.00 bits per heavy atom. The normalized spacial score (nSPS) is 14.4. The van der Waals surface area contributed by atoms with E-state index in [-0.39, 0.29) is 12.5 Å². The summed E-state index contributed by atoms with van der Waals surface area (Å²) >= 11 is 0. The second-order valence-corrected chi connectivity index (χ2v) is 3.37. The molecule has 1 aromatic rings. The summed E-state index contributed by atoms with van der Waals surface area (Å²) in [6.45, 7) is 4.08. The van der Waals surface area contributed by atoms with Crippen LogP contribution in [0.3, 0.4) is 0 Å². The second-order valence-electron chi connectivity index (χ2n) is 3.37. The van der Waals surface area contributed by atoms with Gasteiger partial charge in [-0.25, -0.2) is 0 Å². The molecular formula is C11H17NO4. The average Bonchev–Trinajstić information content (AvgIpc) is 2.79. The summed E-state index contributed by atoms with van der Waals surface area (Å²) in [5.74, 6) is 0.191. The highest BCUT2D eigenvalue weighted by molar-refractivity contribution is 5.80. The summed E-state index contributed by atoms with van der Waals surface area (Å²) in [5, 5.41) is 12.2. The van der Waals surface area contributed by atoms with Gasteiger partial charge in [0.2, 0.25) is 5.91 Å². The minimum atomic E-state index is -0.826. The third kappa shape index (κ3) is 3.67. The van der Waals surface area contributed by atoms with Crippen LogP contribution in [0.4, 0.5) is 0 Å². The first-order chi connectivity index (χ1) is 7.65. The van der Waals surface area contributed by atoms with Crippen molar-refractivity contribution in [2.45, 2.75) is 26.1 Å². The number of nitrogens with one attached hydrogen (secondary N) is 1. The molecule has 0 aliphatic rings. The molecule has 0 saturated carbocycles. The molecule has 1 rings (SSSR count).